The normalized spacial score (nSPS) is 12.0. The summed E-state index contributed by atoms with van der Waals surface area (Å²) in [6.07, 6.45) is 2.05. The molecule has 0 aliphatic heterocycles. The first-order valence-electron chi connectivity index (χ1n) is 6.89. The first kappa shape index (κ1) is 15.7. The first-order chi connectivity index (χ1) is 9.88. The van der Waals surface area contributed by atoms with Crippen LogP contribution in [0.3, 0.4) is 0 Å². The van der Waals surface area contributed by atoms with E-state index in [1.165, 1.54) is 0 Å². The van der Waals surface area contributed by atoms with Gasteiger partial charge in [-0.15, -0.1) is 0 Å². The molecule has 0 amide bonds. The molecular weight excluding hydrogens is 288 g/mol. The minimum Gasteiger partial charge on any atom is -0.446 e. The van der Waals surface area contributed by atoms with Gasteiger partial charge in [-0.1, -0.05) is 26.0 Å². The topological polar surface area (TPSA) is 72.2 Å². The molecule has 0 spiro atoms. The maximum atomic E-state index is 12.1. The largest absolute Gasteiger partial charge is 0.446 e. The van der Waals surface area contributed by atoms with Crippen molar-refractivity contribution < 1.29 is 12.8 Å². The molecule has 1 aromatic heterocycles. The minimum absolute atomic E-state index is 0.258. The molecule has 6 heteroatoms. The number of hydrogen-bond acceptors (Lipinski definition) is 4. The second-order valence-electron chi connectivity index (χ2n) is 5.24. The number of hydrogen-bond donors (Lipinski definition) is 1. The molecule has 0 unspecified atom stereocenters. The van der Waals surface area contributed by atoms with E-state index in [-0.39, 0.29) is 11.4 Å². The van der Waals surface area contributed by atoms with Crippen LogP contribution in [0.2, 0.25) is 0 Å². The van der Waals surface area contributed by atoms with Crippen molar-refractivity contribution in [1.29, 1.82) is 0 Å². The Hall–Kier alpha value is -1.66. The summed E-state index contributed by atoms with van der Waals surface area (Å²) in [4.78, 5) is 4.31. The molecule has 5 nitrogen and oxygen atoms in total. The highest BCUT2D eigenvalue weighted by atomic mass is 32.2. The molecule has 0 bridgehead atoms. The third kappa shape index (κ3) is 4.15. The van der Waals surface area contributed by atoms with Crippen LogP contribution in [-0.2, 0) is 16.4 Å². The Morgan fingerprint density at radius 1 is 1.24 bits per heavy atom. The number of sulfonamides is 1. The summed E-state index contributed by atoms with van der Waals surface area (Å²) in [6.45, 7) is 6.20. The summed E-state index contributed by atoms with van der Waals surface area (Å²) in [6, 6.07) is 6.95. The number of aromatic nitrogens is 1. The van der Waals surface area contributed by atoms with E-state index in [1.54, 1.807) is 25.3 Å². The zero-order chi connectivity index (χ0) is 15.5. The predicted octanol–water partition coefficient (Wildman–Crippen LogP) is 2.63. The van der Waals surface area contributed by atoms with E-state index >= 15 is 0 Å². The van der Waals surface area contributed by atoms with E-state index in [1.807, 2.05) is 12.1 Å². The average molecular weight is 308 g/mol. The third-order valence-corrected chi connectivity index (χ3v) is 4.63. The Balaban J connectivity index is 1.97. The van der Waals surface area contributed by atoms with Crippen molar-refractivity contribution in [2.45, 2.75) is 38.0 Å². The minimum atomic E-state index is -3.49. The van der Waals surface area contributed by atoms with Gasteiger partial charge in [0.05, 0.1) is 11.1 Å². The number of rotatable bonds is 6. The molecule has 2 rings (SSSR count). The van der Waals surface area contributed by atoms with Crippen LogP contribution in [0, 0.1) is 6.92 Å². The molecule has 0 fully saturated rings. The van der Waals surface area contributed by atoms with Gasteiger partial charge in [0.1, 0.15) is 5.76 Å². The van der Waals surface area contributed by atoms with Crippen LogP contribution < -0.4 is 4.72 Å². The summed E-state index contributed by atoms with van der Waals surface area (Å²) in [5.74, 6) is 1.63. The van der Waals surface area contributed by atoms with Gasteiger partial charge in [-0.2, -0.15) is 0 Å². The van der Waals surface area contributed by atoms with Crippen LogP contribution in [0.1, 0.15) is 37.0 Å². The van der Waals surface area contributed by atoms with Crippen molar-refractivity contribution >= 4 is 10.0 Å². The molecule has 0 radical (unpaired) electrons. The molecular formula is C15H20N2O3S. The smallest absolute Gasteiger partial charge is 0.240 e. The number of oxazole rings is 1. The fraction of sp³-hybridized carbons (Fsp3) is 0.400. The molecule has 114 valence electrons. The number of nitrogens with one attached hydrogen (secondary N) is 1. The van der Waals surface area contributed by atoms with E-state index < -0.39 is 10.0 Å². The fourth-order valence-corrected chi connectivity index (χ4v) is 2.96. The lowest BCUT2D eigenvalue weighted by molar-refractivity contribution is 0.469. The van der Waals surface area contributed by atoms with E-state index in [4.69, 9.17) is 4.42 Å². The van der Waals surface area contributed by atoms with E-state index in [9.17, 15) is 8.42 Å². The lowest BCUT2D eigenvalue weighted by Crippen LogP contribution is -2.26. The average Bonchev–Trinajstić information content (AvgIpc) is 2.84. The van der Waals surface area contributed by atoms with E-state index in [0.717, 1.165) is 11.3 Å². The van der Waals surface area contributed by atoms with Crippen LogP contribution in [0.25, 0.3) is 0 Å². The van der Waals surface area contributed by atoms with Gasteiger partial charge in [-0.3, -0.25) is 0 Å². The van der Waals surface area contributed by atoms with Crippen molar-refractivity contribution in [3.05, 3.63) is 47.7 Å². The summed E-state index contributed by atoms with van der Waals surface area (Å²) in [5, 5.41) is 0. The molecule has 21 heavy (non-hydrogen) atoms. The van der Waals surface area contributed by atoms with E-state index in [0.29, 0.717) is 18.2 Å². The SMILES string of the molecule is Cc1cnc(CCNS(=O)(=O)c2ccc(C(C)C)cc2)o1. The Morgan fingerprint density at radius 3 is 2.43 bits per heavy atom. The van der Waals surface area contributed by atoms with E-state index in [2.05, 4.69) is 23.6 Å². The van der Waals surface area contributed by atoms with Gasteiger partial charge in [0.15, 0.2) is 5.89 Å². The molecule has 0 saturated carbocycles. The molecule has 0 saturated heterocycles. The van der Waals surface area contributed by atoms with Crippen LogP contribution in [0.5, 0.6) is 0 Å². The maximum Gasteiger partial charge on any atom is 0.240 e. The van der Waals surface area contributed by atoms with Crippen molar-refractivity contribution in [2.75, 3.05) is 6.54 Å². The molecule has 1 N–H and O–H groups in total. The number of benzene rings is 1. The zero-order valence-corrected chi connectivity index (χ0v) is 13.3. The van der Waals surface area contributed by atoms with Gasteiger partial charge < -0.3 is 4.42 Å². The highest BCUT2D eigenvalue weighted by molar-refractivity contribution is 7.89. The summed E-state index contributed by atoms with van der Waals surface area (Å²) in [7, 11) is -3.49. The quantitative estimate of drug-likeness (QED) is 0.890. The third-order valence-electron chi connectivity index (χ3n) is 3.16. The molecule has 0 aliphatic carbocycles. The Bertz CT molecular complexity index is 688. The van der Waals surface area contributed by atoms with Crippen LogP contribution in [0.15, 0.2) is 39.8 Å². The second kappa shape index (κ2) is 6.41. The summed E-state index contributed by atoms with van der Waals surface area (Å²) in [5.41, 5.74) is 1.12. The summed E-state index contributed by atoms with van der Waals surface area (Å²) < 4.78 is 32.1. The standard InChI is InChI=1S/C15H20N2O3S/c1-11(2)13-4-6-14(7-5-13)21(18,19)17-9-8-15-16-10-12(3)20-15/h4-7,10-11,17H,8-9H2,1-3H3. The second-order valence-corrected chi connectivity index (χ2v) is 7.00. The lowest BCUT2D eigenvalue weighted by atomic mass is 10.0. The Labute approximate surface area is 125 Å². The lowest BCUT2D eigenvalue weighted by Gasteiger charge is -2.08. The molecule has 0 atom stereocenters. The summed E-state index contributed by atoms with van der Waals surface area (Å²) >= 11 is 0. The van der Waals surface area contributed by atoms with Gasteiger partial charge in [-0.25, -0.2) is 18.1 Å². The molecule has 1 heterocycles. The first-order valence-corrected chi connectivity index (χ1v) is 8.38. The fourth-order valence-electron chi connectivity index (χ4n) is 1.92. The highest BCUT2D eigenvalue weighted by Crippen LogP contribution is 2.17. The highest BCUT2D eigenvalue weighted by Gasteiger charge is 2.14. The Kier molecular flexibility index (Phi) is 4.80. The van der Waals surface area contributed by atoms with Crippen LogP contribution in [0.4, 0.5) is 0 Å². The van der Waals surface area contributed by atoms with Gasteiger partial charge in [0, 0.05) is 13.0 Å². The van der Waals surface area contributed by atoms with Crippen LogP contribution >= 0.6 is 0 Å². The van der Waals surface area contributed by atoms with Crippen LogP contribution in [-0.4, -0.2) is 19.9 Å². The molecule has 2 aromatic rings. The Morgan fingerprint density at radius 2 is 1.90 bits per heavy atom. The maximum absolute atomic E-state index is 12.1. The number of nitrogens with zero attached hydrogens (tertiary/aromatic N) is 1. The van der Waals surface area contributed by atoms with Gasteiger partial charge >= 0.3 is 0 Å². The van der Waals surface area contributed by atoms with Crippen molar-refractivity contribution in [1.82, 2.24) is 9.71 Å². The van der Waals surface area contributed by atoms with Gasteiger partial charge in [-0.05, 0) is 30.5 Å². The monoisotopic (exact) mass is 308 g/mol. The zero-order valence-electron chi connectivity index (χ0n) is 12.5. The van der Waals surface area contributed by atoms with Crippen molar-refractivity contribution in [2.24, 2.45) is 0 Å². The predicted molar refractivity (Wildman–Crippen MR) is 80.7 cm³/mol. The van der Waals surface area contributed by atoms with Crippen molar-refractivity contribution in [3.8, 4) is 0 Å². The van der Waals surface area contributed by atoms with Crippen molar-refractivity contribution in [3.63, 3.8) is 0 Å². The molecule has 0 aliphatic rings. The van der Waals surface area contributed by atoms with Gasteiger partial charge in [0.2, 0.25) is 10.0 Å². The number of aryl methyl sites for hydroxylation is 1. The molecule has 1 aromatic carbocycles. The van der Waals surface area contributed by atoms with Gasteiger partial charge in [0.25, 0.3) is 0 Å².